The van der Waals surface area contributed by atoms with E-state index >= 15 is 0 Å². The highest BCUT2D eigenvalue weighted by molar-refractivity contribution is 7.07. The van der Waals surface area contributed by atoms with Crippen molar-refractivity contribution < 1.29 is 9.53 Å². The van der Waals surface area contributed by atoms with E-state index in [0.29, 0.717) is 21.8 Å². The molecule has 0 fully saturated rings. The molecule has 1 N–H and O–H groups in total. The van der Waals surface area contributed by atoms with Gasteiger partial charge >= 0.3 is 0 Å². The van der Waals surface area contributed by atoms with Gasteiger partial charge in [0.25, 0.3) is 11.5 Å². The van der Waals surface area contributed by atoms with Crippen LogP contribution in [-0.4, -0.2) is 30.7 Å². The molecule has 152 valence electrons. The molecule has 30 heavy (non-hydrogen) atoms. The molecule has 3 rings (SSSR count). The number of nitrogens with zero attached hydrogens (tertiary/aromatic N) is 2. The maximum atomic E-state index is 13.2. The Labute approximate surface area is 181 Å². The summed E-state index contributed by atoms with van der Waals surface area (Å²) in [5, 5.41) is 12.9. The smallest absolute Gasteiger partial charge is 0.273 e. The first-order chi connectivity index (χ1) is 14.5. The second-order valence-corrected chi connectivity index (χ2v) is 7.65. The minimum atomic E-state index is -0.560. The number of para-hydroxylation sites is 1. The fourth-order valence-electron chi connectivity index (χ4n) is 2.76. The molecule has 0 aliphatic heterocycles. The minimum absolute atomic E-state index is 0.136. The number of methoxy groups -OCH3 is 1. The maximum Gasteiger partial charge on any atom is 0.273 e. The number of halogens is 1. The lowest BCUT2D eigenvalue weighted by Gasteiger charge is -2.05. The van der Waals surface area contributed by atoms with Gasteiger partial charge in [-0.3, -0.25) is 14.2 Å². The van der Waals surface area contributed by atoms with E-state index in [2.05, 4.69) is 5.32 Å². The van der Waals surface area contributed by atoms with Crippen molar-refractivity contribution in [3.05, 3.63) is 84.7 Å². The van der Waals surface area contributed by atoms with Crippen LogP contribution in [0.15, 0.2) is 59.4 Å². The summed E-state index contributed by atoms with van der Waals surface area (Å²) in [4.78, 5) is 25.8. The fourth-order valence-corrected chi connectivity index (χ4v) is 4.06. The third-order valence-electron chi connectivity index (χ3n) is 4.13. The van der Waals surface area contributed by atoms with Crippen LogP contribution in [0.4, 0.5) is 0 Å². The van der Waals surface area contributed by atoms with Crippen LogP contribution in [0.1, 0.15) is 5.56 Å². The molecule has 1 amide bonds. The predicted octanol–water partition coefficient (Wildman–Crippen LogP) is 1.82. The van der Waals surface area contributed by atoms with Gasteiger partial charge in [-0.15, -0.1) is 11.3 Å². The Morgan fingerprint density at radius 2 is 2.03 bits per heavy atom. The average molecular weight is 440 g/mol. The SMILES string of the molecule is COCCNC(=O)/C(C#N)=c1\s/c(=C\c2cccc(Cl)c2)c(=O)n1-c1ccccc1. The van der Waals surface area contributed by atoms with Crippen molar-refractivity contribution in [3.8, 4) is 11.8 Å². The molecule has 0 spiro atoms. The molecule has 8 heteroatoms. The summed E-state index contributed by atoms with van der Waals surface area (Å²) < 4.78 is 6.96. The summed E-state index contributed by atoms with van der Waals surface area (Å²) in [5.41, 5.74) is 0.856. The normalized spacial score (nSPS) is 12.4. The number of rotatable bonds is 6. The number of benzene rings is 2. The van der Waals surface area contributed by atoms with Gasteiger partial charge < -0.3 is 10.1 Å². The molecule has 0 aliphatic rings. The second-order valence-electron chi connectivity index (χ2n) is 6.18. The first-order valence-electron chi connectivity index (χ1n) is 9.01. The summed E-state index contributed by atoms with van der Waals surface area (Å²) in [7, 11) is 1.52. The molecule has 1 heterocycles. The third-order valence-corrected chi connectivity index (χ3v) is 5.46. The Kier molecular flexibility index (Phi) is 7.20. The molecule has 0 radical (unpaired) electrons. The van der Waals surface area contributed by atoms with E-state index in [1.165, 1.54) is 11.7 Å². The van der Waals surface area contributed by atoms with Gasteiger partial charge in [-0.1, -0.05) is 41.9 Å². The maximum absolute atomic E-state index is 13.2. The van der Waals surface area contributed by atoms with E-state index in [1.54, 1.807) is 48.5 Å². The van der Waals surface area contributed by atoms with E-state index in [9.17, 15) is 14.9 Å². The van der Waals surface area contributed by atoms with E-state index in [0.717, 1.165) is 16.9 Å². The van der Waals surface area contributed by atoms with Gasteiger partial charge in [-0.25, -0.2) is 0 Å². The quantitative estimate of drug-likeness (QED) is 0.594. The van der Waals surface area contributed by atoms with E-state index < -0.39 is 5.91 Å². The Morgan fingerprint density at radius 3 is 2.70 bits per heavy atom. The molecule has 0 saturated heterocycles. The topological polar surface area (TPSA) is 84.1 Å². The summed E-state index contributed by atoms with van der Waals surface area (Å²) >= 11 is 7.13. The van der Waals surface area contributed by atoms with Gasteiger partial charge in [0.2, 0.25) is 0 Å². The lowest BCUT2D eigenvalue weighted by Crippen LogP contribution is -2.34. The Morgan fingerprint density at radius 1 is 1.27 bits per heavy atom. The van der Waals surface area contributed by atoms with Crippen molar-refractivity contribution in [1.82, 2.24) is 9.88 Å². The van der Waals surface area contributed by atoms with Crippen molar-refractivity contribution in [2.24, 2.45) is 0 Å². The molecule has 3 aromatic rings. The number of ether oxygens (including phenoxy) is 1. The summed E-state index contributed by atoms with van der Waals surface area (Å²) in [6, 6.07) is 17.9. The highest BCUT2D eigenvalue weighted by Gasteiger charge is 2.16. The van der Waals surface area contributed by atoms with Crippen LogP contribution in [-0.2, 0) is 9.53 Å². The molecule has 0 saturated carbocycles. The fraction of sp³-hybridized carbons (Fsp3) is 0.136. The number of amides is 1. The van der Waals surface area contributed by atoms with Crippen LogP contribution in [0.2, 0.25) is 5.02 Å². The zero-order chi connectivity index (χ0) is 21.5. The van der Waals surface area contributed by atoms with Crippen molar-refractivity contribution in [2.75, 3.05) is 20.3 Å². The first kappa shape index (κ1) is 21.5. The molecule has 0 bridgehead atoms. The standard InChI is InChI=1S/C22H18ClN3O3S/c1-29-11-10-25-20(27)18(14-24)22-26(17-8-3-2-4-9-17)21(28)19(30-22)13-15-6-5-7-16(23)12-15/h2-9,12-13H,10-11H2,1H3,(H,25,27)/b19-13-,22-18-. The monoisotopic (exact) mass is 439 g/mol. The lowest BCUT2D eigenvalue weighted by molar-refractivity contribution is -0.115. The van der Waals surface area contributed by atoms with Crippen LogP contribution in [0, 0.1) is 11.3 Å². The number of hydrogen-bond acceptors (Lipinski definition) is 5. The Balaban J connectivity index is 2.27. The number of thiazole rings is 1. The molecule has 0 atom stereocenters. The van der Waals surface area contributed by atoms with E-state index in [-0.39, 0.29) is 22.3 Å². The molecule has 0 aliphatic carbocycles. The third kappa shape index (κ3) is 4.86. The highest BCUT2D eigenvalue weighted by Crippen LogP contribution is 2.11. The first-order valence-corrected chi connectivity index (χ1v) is 10.2. The summed E-state index contributed by atoms with van der Waals surface area (Å²) in [5.74, 6) is -0.560. The molecule has 1 aromatic heterocycles. The van der Waals surface area contributed by atoms with Crippen molar-refractivity contribution >= 4 is 40.5 Å². The number of carbonyl (C=O) groups excluding carboxylic acids is 1. The number of hydrogen-bond donors (Lipinski definition) is 1. The van der Waals surface area contributed by atoms with Gasteiger partial charge in [0.15, 0.2) is 5.57 Å². The van der Waals surface area contributed by atoms with Crippen LogP contribution >= 0.6 is 22.9 Å². The average Bonchev–Trinajstić information content (AvgIpc) is 3.05. The number of nitriles is 1. The summed E-state index contributed by atoms with van der Waals surface area (Å²) in [6.07, 6.45) is 1.69. The predicted molar refractivity (Wildman–Crippen MR) is 118 cm³/mol. The largest absolute Gasteiger partial charge is 0.383 e. The molecular weight excluding hydrogens is 422 g/mol. The summed E-state index contributed by atoms with van der Waals surface area (Å²) in [6.45, 7) is 0.567. The molecule has 0 unspecified atom stereocenters. The minimum Gasteiger partial charge on any atom is -0.383 e. The Bertz CT molecular complexity index is 1270. The highest BCUT2D eigenvalue weighted by atomic mass is 35.5. The van der Waals surface area contributed by atoms with Gasteiger partial charge in [-0.2, -0.15) is 5.26 Å². The van der Waals surface area contributed by atoms with Crippen LogP contribution in [0.5, 0.6) is 0 Å². The van der Waals surface area contributed by atoms with Crippen molar-refractivity contribution in [2.45, 2.75) is 0 Å². The number of aromatic nitrogens is 1. The molecule has 2 aromatic carbocycles. The second kappa shape index (κ2) is 10.0. The van der Waals surface area contributed by atoms with Crippen molar-refractivity contribution in [1.29, 1.82) is 5.26 Å². The Hall–Kier alpha value is -3.18. The van der Waals surface area contributed by atoms with E-state index in [1.807, 2.05) is 18.2 Å². The van der Waals surface area contributed by atoms with Gasteiger partial charge in [0, 0.05) is 18.7 Å². The molecule has 6 nitrogen and oxygen atoms in total. The van der Waals surface area contributed by atoms with Crippen LogP contribution in [0.25, 0.3) is 17.3 Å². The zero-order valence-corrected chi connectivity index (χ0v) is 17.7. The molecular formula is C22H18ClN3O3S. The number of nitrogens with one attached hydrogen (secondary N) is 1. The van der Waals surface area contributed by atoms with Crippen LogP contribution < -0.4 is 20.1 Å². The zero-order valence-electron chi connectivity index (χ0n) is 16.1. The van der Waals surface area contributed by atoms with Gasteiger partial charge in [0.05, 0.1) is 16.8 Å². The van der Waals surface area contributed by atoms with Gasteiger partial charge in [-0.05, 0) is 35.9 Å². The van der Waals surface area contributed by atoms with Crippen molar-refractivity contribution in [3.63, 3.8) is 0 Å². The number of carbonyl (C=O) groups is 1. The van der Waals surface area contributed by atoms with E-state index in [4.69, 9.17) is 16.3 Å². The lowest BCUT2D eigenvalue weighted by atomic mass is 10.2. The van der Waals surface area contributed by atoms with Gasteiger partial charge in [0.1, 0.15) is 10.7 Å². The van der Waals surface area contributed by atoms with Crippen LogP contribution in [0.3, 0.4) is 0 Å².